The van der Waals surface area contributed by atoms with Crippen LogP contribution in [0, 0.1) is 0 Å². The first-order valence-corrected chi connectivity index (χ1v) is 7.57. The molecule has 1 aliphatic rings. The van der Waals surface area contributed by atoms with Gasteiger partial charge in [-0.15, -0.1) is 0 Å². The van der Waals surface area contributed by atoms with Crippen LogP contribution in [0.25, 0.3) is 6.08 Å². The molecule has 8 heteroatoms. The molecule has 0 radical (unpaired) electrons. The summed E-state index contributed by atoms with van der Waals surface area (Å²) in [5.41, 5.74) is 0.477. The van der Waals surface area contributed by atoms with Crippen molar-refractivity contribution in [3.8, 4) is 0 Å². The summed E-state index contributed by atoms with van der Waals surface area (Å²) in [6.07, 6.45) is 1.46. The lowest BCUT2D eigenvalue weighted by molar-refractivity contribution is -0.153. The van der Waals surface area contributed by atoms with Crippen LogP contribution in [-0.4, -0.2) is 42.0 Å². The number of carbonyl (C=O) groups excluding carboxylic acids is 3. The Morgan fingerprint density at radius 1 is 1.35 bits per heavy atom. The molecule has 6 nitrogen and oxygen atoms in total. The van der Waals surface area contributed by atoms with Crippen molar-refractivity contribution in [2.24, 2.45) is 0 Å². The highest BCUT2D eigenvalue weighted by Gasteiger charge is 2.31. The molecule has 1 aromatic rings. The summed E-state index contributed by atoms with van der Waals surface area (Å²) in [4.78, 5) is 36.2. The highest BCUT2D eigenvalue weighted by molar-refractivity contribution is 6.37. The van der Waals surface area contributed by atoms with E-state index in [0.29, 0.717) is 22.2 Å². The summed E-state index contributed by atoms with van der Waals surface area (Å²) in [6.45, 7) is 2.04. The largest absolute Gasteiger partial charge is 0.449 e. The van der Waals surface area contributed by atoms with Crippen LogP contribution in [0.15, 0.2) is 24.3 Å². The summed E-state index contributed by atoms with van der Waals surface area (Å²) < 4.78 is 4.99. The Bertz CT molecular complexity index is 655. The van der Waals surface area contributed by atoms with E-state index in [-0.39, 0.29) is 6.54 Å². The maximum Gasteiger partial charge on any atom is 0.331 e. The molecule has 1 heterocycles. The Morgan fingerprint density at radius 3 is 2.57 bits per heavy atom. The average molecular weight is 357 g/mol. The van der Waals surface area contributed by atoms with E-state index in [0.717, 1.165) is 11.0 Å². The van der Waals surface area contributed by atoms with Crippen molar-refractivity contribution in [2.75, 3.05) is 13.1 Å². The minimum Gasteiger partial charge on any atom is -0.449 e. The number of hydrogen-bond acceptors (Lipinski definition) is 4. The second-order valence-corrected chi connectivity index (χ2v) is 5.58. The van der Waals surface area contributed by atoms with Gasteiger partial charge in [-0.05, 0) is 25.1 Å². The lowest BCUT2D eigenvalue weighted by Crippen LogP contribution is -2.41. The minimum absolute atomic E-state index is 0.255. The molecule has 0 bridgehead atoms. The Hall–Kier alpha value is -2.05. The Labute approximate surface area is 143 Å². The molecular formula is C15H14Cl2N2O4. The SMILES string of the molecule is CC(OC(=O)/C=C/c1c(Cl)cccc1Cl)C(=O)N1CCNC1=O. The first-order valence-electron chi connectivity index (χ1n) is 6.82. The van der Waals surface area contributed by atoms with Crippen LogP contribution in [0.1, 0.15) is 12.5 Å². The second kappa shape index (κ2) is 7.48. The maximum atomic E-state index is 12.0. The molecule has 0 saturated carbocycles. The molecule has 1 aromatic carbocycles. The number of benzene rings is 1. The molecule has 0 aliphatic carbocycles. The van der Waals surface area contributed by atoms with E-state index < -0.39 is 24.0 Å². The molecule has 0 spiro atoms. The fraction of sp³-hybridized carbons (Fsp3) is 0.267. The normalized spacial score (nSPS) is 15.6. The summed E-state index contributed by atoms with van der Waals surface area (Å²) in [5.74, 6) is -1.31. The number of ether oxygens (including phenoxy) is 1. The van der Waals surface area contributed by atoms with Gasteiger partial charge in [-0.1, -0.05) is 29.3 Å². The summed E-state index contributed by atoms with van der Waals surface area (Å²) in [6, 6.07) is 4.46. The van der Waals surface area contributed by atoms with Crippen molar-refractivity contribution < 1.29 is 19.1 Å². The number of rotatable bonds is 4. The van der Waals surface area contributed by atoms with E-state index in [2.05, 4.69) is 5.32 Å². The molecule has 1 atom stereocenters. The van der Waals surface area contributed by atoms with Gasteiger partial charge >= 0.3 is 12.0 Å². The standard InChI is InChI=1S/C15H14Cl2N2O4/c1-9(14(21)19-8-7-18-15(19)22)23-13(20)6-5-10-11(16)3-2-4-12(10)17/h2-6,9H,7-8H2,1H3,(H,18,22)/b6-5+. The van der Waals surface area contributed by atoms with Gasteiger partial charge in [0.05, 0.1) is 0 Å². The maximum absolute atomic E-state index is 12.0. The topological polar surface area (TPSA) is 75.7 Å². The fourth-order valence-electron chi connectivity index (χ4n) is 1.99. The molecule has 1 N–H and O–H groups in total. The lowest BCUT2D eigenvalue weighted by Gasteiger charge is -2.17. The van der Waals surface area contributed by atoms with Crippen LogP contribution >= 0.6 is 23.2 Å². The summed E-state index contributed by atoms with van der Waals surface area (Å²) >= 11 is 12.0. The summed E-state index contributed by atoms with van der Waals surface area (Å²) in [5, 5.41) is 3.28. The fourth-order valence-corrected chi connectivity index (χ4v) is 2.51. The Kier molecular flexibility index (Phi) is 5.63. The van der Waals surface area contributed by atoms with Gasteiger partial charge in [0.1, 0.15) is 0 Å². The minimum atomic E-state index is -1.07. The van der Waals surface area contributed by atoms with E-state index in [1.165, 1.54) is 13.0 Å². The summed E-state index contributed by atoms with van der Waals surface area (Å²) in [7, 11) is 0. The quantitative estimate of drug-likeness (QED) is 0.664. The van der Waals surface area contributed by atoms with Crippen molar-refractivity contribution in [3.05, 3.63) is 39.9 Å². The highest BCUT2D eigenvalue weighted by atomic mass is 35.5. The predicted octanol–water partition coefficient (Wildman–Crippen LogP) is 2.49. The molecule has 2 rings (SSSR count). The molecule has 23 heavy (non-hydrogen) atoms. The predicted molar refractivity (Wildman–Crippen MR) is 86.2 cm³/mol. The first-order chi connectivity index (χ1) is 10.9. The van der Waals surface area contributed by atoms with Gasteiger partial charge in [-0.3, -0.25) is 9.69 Å². The van der Waals surface area contributed by atoms with Gasteiger partial charge in [-0.25, -0.2) is 9.59 Å². The van der Waals surface area contributed by atoms with Gasteiger partial charge in [-0.2, -0.15) is 0 Å². The number of nitrogens with one attached hydrogen (secondary N) is 1. The number of halogens is 2. The number of urea groups is 1. The van der Waals surface area contributed by atoms with E-state index in [4.69, 9.17) is 27.9 Å². The zero-order valence-corrected chi connectivity index (χ0v) is 13.7. The van der Waals surface area contributed by atoms with Crippen molar-refractivity contribution in [2.45, 2.75) is 13.0 Å². The molecule has 1 fully saturated rings. The van der Waals surface area contributed by atoms with Crippen LogP contribution in [0.4, 0.5) is 4.79 Å². The molecule has 0 aromatic heterocycles. The van der Waals surface area contributed by atoms with Crippen molar-refractivity contribution in [1.29, 1.82) is 0 Å². The third-order valence-electron chi connectivity index (χ3n) is 3.15. The molecule has 3 amide bonds. The third kappa shape index (κ3) is 4.24. The van der Waals surface area contributed by atoms with Gasteiger partial charge in [0.2, 0.25) is 0 Å². The van der Waals surface area contributed by atoms with Crippen LogP contribution in [0.3, 0.4) is 0 Å². The van der Waals surface area contributed by atoms with Crippen LogP contribution in [0.2, 0.25) is 10.0 Å². The Balaban J connectivity index is 1.97. The van der Waals surface area contributed by atoms with Crippen molar-refractivity contribution in [3.63, 3.8) is 0 Å². The van der Waals surface area contributed by atoms with E-state index >= 15 is 0 Å². The lowest BCUT2D eigenvalue weighted by atomic mass is 10.2. The molecule has 122 valence electrons. The highest BCUT2D eigenvalue weighted by Crippen LogP contribution is 2.25. The molecule has 1 unspecified atom stereocenters. The van der Waals surface area contributed by atoms with Crippen LogP contribution < -0.4 is 5.32 Å². The molecular weight excluding hydrogens is 343 g/mol. The number of carbonyl (C=O) groups is 3. The zero-order valence-electron chi connectivity index (χ0n) is 12.2. The average Bonchev–Trinajstić information content (AvgIpc) is 2.92. The smallest absolute Gasteiger partial charge is 0.331 e. The van der Waals surface area contributed by atoms with Crippen molar-refractivity contribution >= 4 is 47.2 Å². The van der Waals surface area contributed by atoms with E-state index in [9.17, 15) is 14.4 Å². The second-order valence-electron chi connectivity index (χ2n) is 4.77. The van der Waals surface area contributed by atoms with Crippen LogP contribution in [0.5, 0.6) is 0 Å². The number of imide groups is 1. The number of amides is 3. The molecule has 1 saturated heterocycles. The monoisotopic (exact) mass is 356 g/mol. The van der Waals surface area contributed by atoms with Gasteiger partial charge in [0.25, 0.3) is 5.91 Å². The number of esters is 1. The van der Waals surface area contributed by atoms with E-state index in [1.807, 2.05) is 0 Å². The van der Waals surface area contributed by atoms with Gasteiger partial charge in [0.15, 0.2) is 6.10 Å². The molecule has 1 aliphatic heterocycles. The van der Waals surface area contributed by atoms with Crippen molar-refractivity contribution in [1.82, 2.24) is 10.2 Å². The first kappa shape index (κ1) is 17.3. The Morgan fingerprint density at radius 2 is 2.00 bits per heavy atom. The zero-order chi connectivity index (χ0) is 17.0. The number of hydrogen-bond donors (Lipinski definition) is 1. The van der Waals surface area contributed by atoms with E-state index in [1.54, 1.807) is 18.2 Å². The van der Waals surface area contributed by atoms with Gasteiger partial charge < -0.3 is 10.1 Å². The van der Waals surface area contributed by atoms with Gasteiger partial charge in [0, 0.05) is 34.8 Å². The number of nitrogens with zero attached hydrogens (tertiary/aromatic N) is 1. The van der Waals surface area contributed by atoms with Crippen LogP contribution in [-0.2, 0) is 14.3 Å². The third-order valence-corrected chi connectivity index (χ3v) is 3.81.